The maximum Gasteiger partial charge on any atom is 0.434 e. The van der Waals surface area contributed by atoms with Gasteiger partial charge in [0.15, 0.2) is 0 Å². The van der Waals surface area contributed by atoms with Gasteiger partial charge in [0.2, 0.25) is 5.88 Å². The molecule has 2 nitrogen and oxygen atoms in total. The van der Waals surface area contributed by atoms with Crippen LogP contribution in [0.1, 0.15) is 5.56 Å². The van der Waals surface area contributed by atoms with Crippen LogP contribution in [0.5, 0.6) is 5.88 Å². The first kappa shape index (κ1) is 15.8. The smallest absolute Gasteiger partial charge is 0.434 e. The number of nitrogens with zero attached hydrogens (tertiary/aromatic N) is 1. The number of halogens is 8. The lowest BCUT2D eigenvalue weighted by molar-refractivity contribution is -0.300. The van der Waals surface area contributed by atoms with Crippen LogP contribution in [0.2, 0.25) is 0 Å². The second-order valence-electron chi connectivity index (χ2n) is 3.33. The van der Waals surface area contributed by atoms with Crippen molar-refractivity contribution in [1.82, 2.24) is 4.98 Å². The summed E-state index contributed by atoms with van der Waals surface area (Å²) in [4.78, 5) is 3.03. The number of alkyl halides is 7. The maximum absolute atomic E-state index is 12.7. The first-order valence-corrected chi connectivity index (χ1v) is 5.09. The van der Waals surface area contributed by atoms with Gasteiger partial charge in [-0.15, -0.1) is 11.6 Å². The fraction of sp³-hybridized carbons (Fsp3) is 0.444. The van der Waals surface area contributed by atoms with Gasteiger partial charge in [0.1, 0.15) is 5.82 Å². The van der Waals surface area contributed by atoms with Crippen LogP contribution in [0, 0.1) is 5.82 Å². The Balaban J connectivity index is 3.11. The molecule has 0 saturated heterocycles. The third-order valence-electron chi connectivity index (χ3n) is 1.86. The molecule has 0 aliphatic rings. The summed E-state index contributed by atoms with van der Waals surface area (Å²) in [5.41, 5.74) is -0.417. The predicted molar refractivity (Wildman–Crippen MR) is 50.3 cm³/mol. The van der Waals surface area contributed by atoms with Crippen molar-refractivity contribution in [2.24, 2.45) is 0 Å². The molecule has 0 radical (unpaired) electrons. The summed E-state index contributed by atoms with van der Waals surface area (Å²) in [5, 5.41) is 0. The Kier molecular flexibility index (Phi) is 4.49. The van der Waals surface area contributed by atoms with Gasteiger partial charge in [0.05, 0.1) is 12.1 Å². The van der Waals surface area contributed by atoms with E-state index in [0.717, 1.165) is 0 Å². The van der Waals surface area contributed by atoms with Crippen LogP contribution in [0.3, 0.4) is 0 Å². The Hall–Kier alpha value is -1.25. The zero-order valence-corrected chi connectivity index (χ0v) is 9.57. The molecule has 0 aliphatic heterocycles. The Morgan fingerprint density at radius 2 is 1.68 bits per heavy atom. The van der Waals surface area contributed by atoms with Crippen LogP contribution >= 0.6 is 11.6 Å². The van der Waals surface area contributed by atoms with E-state index >= 15 is 0 Å². The van der Waals surface area contributed by atoms with Crippen molar-refractivity contribution in [3.8, 4) is 5.88 Å². The van der Waals surface area contributed by atoms with E-state index in [2.05, 4.69) is 9.72 Å². The maximum atomic E-state index is 12.7. The van der Waals surface area contributed by atoms with Gasteiger partial charge in [-0.3, -0.25) is 0 Å². The van der Waals surface area contributed by atoms with E-state index in [1.807, 2.05) is 0 Å². The molecule has 108 valence electrons. The lowest BCUT2D eigenvalue weighted by atomic mass is 10.3. The fourth-order valence-electron chi connectivity index (χ4n) is 1.10. The summed E-state index contributed by atoms with van der Waals surface area (Å²) < 4.78 is 89.9. The van der Waals surface area contributed by atoms with Crippen molar-refractivity contribution in [2.75, 3.05) is 0 Å². The van der Waals surface area contributed by atoms with Gasteiger partial charge in [-0.2, -0.15) is 26.3 Å². The number of aromatic nitrogens is 1. The molecule has 0 fully saturated rings. The zero-order chi connectivity index (χ0) is 14.8. The van der Waals surface area contributed by atoms with E-state index in [4.69, 9.17) is 11.6 Å². The average molecular weight is 312 g/mol. The lowest BCUT2D eigenvalue weighted by Gasteiger charge is -2.24. The highest BCUT2D eigenvalue weighted by Gasteiger charge is 2.59. The van der Waals surface area contributed by atoms with Crippen molar-refractivity contribution in [2.45, 2.75) is 24.3 Å². The molecular formula is C9H5ClF7NO. The van der Waals surface area contributed by atoms with E-state index in [-0.39, 0.29) is 0 Å². The van der Waals surface area contributed by atoms with Crippen molar-refractivity contribution < 1.29 is 35.5 Å². The molecule has 0 aliphatic carbocycles. The molecule has 1 rings (SSSR count). The molecular weight excluding hydrogens is 307 g/mol. The van der Waals surface area contributed by atoms with Gasteiger partial charge >= 0.3 is 12.4 Å². The summed E-state index contributed by atoms with van der Waals surface area (Å²) in [6.45, 7) is 0. The molecule has 1 aromatic rings. The summed E-state index contributed by atoms with van der Waals surface area (Å²) in [7, 11) is 0. The molecule has 0 spiro atoms. The van der Waals surface area contributed by atoms with E-state index < -0.39 is 41.6 Å². The minimum atomic E-state index is -5.68. The Morgan fingerprint density at radius 3 is 2.11 bits per heavy atom. The summed E-state index contributed by atoms with van der Waals surface area (Å²) in [6.07, 6.45) is -15.0. The largest absolute Gasteiger partial charge is 0.454 e. The van der Waals surface area contributed by atoms with Gasteiger partial charge in [0, 0.05) is 5.56 Å². The highest BCUT2D eigenvalue weighted by atomic mass is 35.5. The van der Waals surface area contributed by atoms with Crippen LogP contribution in [0.15, 0.2) is 12.3 Å². The van der Waals surface area contributed by atoms with Gasteiger partial charge in [-0.1, -0.05) is 0 Å². The molecule has 1 aromatic heterocycles. The summed E-state index contributed by atoms with van der Waals surface area (Å²) >= 11 is 5.27. The van der Waals surface area contributed by atoms with Crippen LogP contribution in [-0.4, -0.2) is 23.4 Å². The molecule has 0 saturated carbocycles. The molecule has 19 heavy (non-hydrogen) atoms. The molecule has 1 heterocycles. The Morgan fingerprint density at radius 1 is 1.16 bits per heavy atom. The zero-order valence-electron chi connectivity index (χ0n) is 8.82. The standard InChI is InChI=1S/C9H5ClF7NO/c10-2-4-1-5(11)3-18-6(4)19-7(8(12,13)14)9(15,16)17/h1,3,7H,2H2. The highest BCUT2D eigenvalue weighted by Crippen LogP contribution is 2.36. The van der Waals surface area contributed by atoms with Crippen molar-refractivity contribution in [3.63, 3.8) is 0 Å². The van der Waals surface area contributed by atoms with Crippen molar-refractivity contribution in [1.29, 1.82) is 0 Å². The summed E-state index contributed by atoms with van der Waals surface area (Å²) in [5.74, 6) is -2.53. The second-order valence-corrected chi connectivity index (χ2v) is 3.60. The molecule has 0 amide bonds. The van der Waals surface area contributed by atoms with E-state index in [0.29, 0.717) is 12.3 Å². The fourth-order valence-corrected chi connectivity index (χ4v) is 1.29. The van der Waals surface area contributed by atoms with Gasteiger partial charge < -0.3 is 4.74 Å². The number of hydrogen-bond acceptors (Lipinski definition) is 2. The molecule has 0 atom stereocenters. The monoisotopic (exact) mass is 311 g/mol. The number of rotatable bonds is 3. The van der Waals surface area contributed by atoms with Crippen LogP contribution in [-0.2, 0) is 5.88 Å². The van der Waals surface area contributed by atoms with Crippen molar-refractivity contribution in [3.05, 3.63) is 23.6 Å². The first-order chi connectivity index (χ1) is 8.55. The Labute approximate surface area is 107 Å². The molecule has 0 bridgehead atoms. The third-order valence-corrected chi connectivity index (χ3v) is 2.15. The van der Waals surface area contributed by atoms with Gasteiger partial charge in [-0.25, -0.2) is 9.37 Å². The SMILES string of the molecule is Fc1cnc(OC(C(F)(F)F)C(F)(F)F)c(CCl)c1. The second kappa shape index (κ2) is 5.40. The Bertz CT molecular complexity index is 431. The summed E-state index contributed by atoms with van der Waals surface area (Å²) in [6, 6.07) is 0.638. The lowest BCUT2D eigenvalue weighted by Crippen LogP contribution is -2.46. The third kappa shape index (κ3) is 4.12. The van der Waals surface area contributed by atoms with Crippen molar-refractivity contribution >= 4 is 11.6 Å². The van der Waals surface area contributed by atoms with Gasteiger partial charge in [0.25, 0.3) is 6.10 Å². The molecule has 0 N–H and O–H groups in total. The normalized spacial score (nSPS) is 12.9. The quantitative estimate of drug-likeness (QED) is 0.625. The van der Waals surface area contributed by atoms with E-state index in [1.165, 1.54) is 0 Å². The topological polar surface area (TPSA) is 22.1 Å². The molecule has 0 aromatic carbocycles. The number of hydrogen-bond donors (Lipinski definition) is 0. The number of ether oxygens (including phenoxy) is 1. The van der Waals surface area contributed by atoms with E-state index in [9.17, 15) is 30.7 Å². The average Bonchev–Trinajstić information content (AvgIpc) is 2.23. The first-order valence-electron chi connectivity index (χ1n) is 4.56. The number of pyridine rings is 1. The molecule has 0 unspecified atom stereocenters. The van der Waals surface area contributed by atoms with Gasteiger partial charge in [-0.05, 0) is 6.07 Å². The minimum Gasteiger partial charge on any atom is -0.454 e. The van der Waals surface area contributed by atoms with E-state index in [1.54, 1.807) is 0 Å². The van der Waals surface area contributed by atoms with Crippen LogP contribution in [0.25, 0.3) is 0 Å². The van der Waals surface area contributed by atoms with Crippen LogP contribution < -0.4 is 4.74 Å². The predicted octanol–water partition coefficient (Wildman–Crippen LogP) is 3.83. The molecule has 10 heteroatoms. The highest BCUT2D eigenvalue weighted by molar-refractivity contribution is 6.17. The minimum absolute atomic E-state index is 0.417. The van der Waals surface area contributed by atoms with Crippen LogP contribution in [0.4, 0.5) is 30.7 Å².